The van der Waals surface area contributed by atoms with E-state index in [1.54, 1.807) is 6.07 Å². The maximum atomic E-state index is 11.9. The highest BCUT2D eigenvalue weighted by Crippen LogP contribution is 2.16. The standard InChI is InChI=1S/C16H26N4O/c1-13(2)9-10-17-16(21)14-7-8-15(19-18-14)20-11-5-3-4-6-12-20/h7-8,13H,3-6,9-12H2,1-2H3,(H,17,21). The second-order valence-corrected chi connectivity index (χ2v) is 6.12. The lowest BCUT2D eigenvalue weighted by Gasteiger charge is -2.20. The van der Waals surface area contributed by atoms with Crippen LogP contribution in [0.5, 0.6) is 0 Å². The second-order valence-electron chi connectivity index (χ2n) is 6.12. The minimum Gasteiger partial charge on any atom is -0.355 e. The first kappa shape index (κ1) is 15.7. The number of carbonyl (C=O) groups excluding carboxylic acids is 1. The molecule has 5 heteroatoms. The van der Waals surface area contributed by atoms with E-state index < -0.39 is 0 Å². The predicted molar refractivity (Wildman–Crippen MR) is 84.5 cm³/mol. The van der Waals surface area contributed by atoms with Crippen molar-refractivity contribution in [2.75, 3.05) is 24.5 Å². The minimum atomic E-state index is -0.134. The highest BCUT2D eigenvalue weighted by molar-refractivity contribution is 5.92. The van der Waals surface area contributed by atoms with Crippen LogP contribution in [0, 0.1) is 5.92 Å². The highest BCUT2D eigenvalue weighted by atomic mass is 16.1. The molecule has 1 saturated heterocycles. The van der Waals surface area contributed by atoms with E-state index in [0.29, 0.717) is 18.2 Å². The Kier molecular flexibility index (Phi) is 5.96. The van der Waals surface area contributed by atoms with Crippen molar-refractivity contribution in [2.24, 2.45) is 5.92 Å². The minimum absolute atomic E-state index is 0.134. The quantitative estimate of drug-likeness (QED) is 0.905. The van der Waals surface area contributed by atoms with Gasteiger partial charge in [-0.05, 0) is 37.3 Å². The van der Waals surface area contributed by atoms with Crippen molar-refractivity contribution >= 4 is 11.7 Å². The van der Waals surface area contributed by atoms with E-state index in [9.17, 15) is 4.79 Å². The molecule has 1 N–H and O–H groups in total. The summed E-state index contributed by atoms with van der Waals surface area (Å²) >= 11 is 0. The molecule has 2 rings (SSSR count). The van der Waals surface area contributed by atoms with E-state index in [1.807, 2.05) is 6.07 Å². The van der Waals surface area contributed by atoms with Gasteiger partial charge in [0.05, 0.1) is 0 Å². The number of rotatable bonds is 5. The van der Waals surface area contributed by atoms with Crippen molar-refractivity contribution < 1.29 is 4.79 Å². The molecule has 5 nitrogen and oxygen atoms in total. The summed E-state index contributed by atoms with van der Waals surface area (Å²) in [4.78, 5) is 14.2. The van der Waals surface area contributed by atoms with Gasteiger partial charge < -0.3 is 10.2 Å². The Bertz CT molecular complexity index is 436. The number of hydrogen-bond acceptors (Lipinski definition) is 4. The van der Waals surface area contributed by atoms with E-state index in [0.717, 1.165) is 25.3 Å². The van der Waals surface area contributed by atoms with E-state index in [2.05, 4.69) is 34.3 Å². The number of hydrogen-bond donors (Lipinski definition) is 1. The molecule has 0 spiro atoms. The molecule has 21 heavy (non-hydrogen) atoms. The fourth-order valence-electron chi connectivity index (χ4n) is 2.48. The first-order valence-electron chi connectivity index (χ1n) is 8.03. The Balaban J connectivity index is 1.90. The van der Waals surface area contributed by atoms with Gasteiger partial charge in [0.15, 0.2) is 11.5 Å². The summed E-state index contributed by atoms with van der Waals surface area (Å²) in [6, 6.07) is 3.69. The zero-order valence-electron chi connectivity index (χ0n) is 13.1. The molecule has 1 aromatic heterocycles. The molecule has 0 radical (unpaired) electrons. The third kappa shape index (κ3) is 4.99. The average molecular weight is 290 g/mol. The van der Waals surface area contributed by atoms with Crippen molar-refractivity contribution in [3.05, 3.63) is 17.8 Å². The summed E-state index contributed by atoms with van der Waals surface area (Å²) in [7, 11) is 0. The first-order chi connectivity index (χ1) is 10.2. The van der Waals surface area contributed by atoms with Crippen molar-refractivity contribution in [3.8, 4) is 0 Å². The number of aromatic nitrogens is 2. The maximum absolute atomic E-state index is 11.9. The fraction of sp³-hybridized carbons (Fsp3) is 0.688. The largest absolute Gasteiger partial charge is 0.355 e. The Hall–Kier alpha value is -1.65. The molecule has 1 amide bonds. The first-order valence-corrected chi connectivity index (χ1v) is 8.03. The molecule has 1 fully saturated rings. The number of anilines is 1. The molecule has 1 aromatic rings. The number of nitrogens with zero attached hydrogens (tertiary/aromatic N) is 3. The molecule has 1 aliphatic rings. The fourth-order valence-corrected chi connectivity index (χ4v) is 2.48. The average Bonchev–Trinajstić information content (AvgIpc) is 2.76. The Morgan fingerprint density at radius 2 is 1.90 bits per heavy atom. The van der Waals surface area contributed by atoms with Crippen LogP contribution < -0.4 is 10.2 Å². The summed E-state index contributed by atoms with van der Waals surface area (Å²) in [6.07, 6.45) is 5.98. The van der Waals surface area contributed by atoms with Gasteiger partial charge in [-0.3, -0.25) is 4.79 Å². The summed E-state index contributed by atoms with van der Waals surface area (Å²) in [6.45, 7) is 7.04. The summed E-state index contributed by atoms with van der Waals surface area (Å²) in [5.41, 5.74) is 0.400. The Labute approximate surface area is 127 Å². The zero-order valence-corrected chi connectivity index (χ0v) is 13.1. The van der Waals surface area contributed by atoms with Crippen LogP contribution in [0.4, 0.5) is 5.82 Å². The van der Waals surface area contributed by atoms with Crippen LogP contribution in [0.3, 0.4) is 0 Å². The van der Waals surface area contributed by atoms with Gasteiger partial charge >= 0.3 is 0 Å². The van der Waals surface area contributed by atoms with Crippen molar-refractivity contribution in [1.29, 1.82) is 0 Å². The van der Waals surface area contributed by atoms with Crippen LogP contribution in [-0.2, 0) is 0 Å². The number of nitrogens with one attached hydrogen (secondary N) is 1. The Morgan fingerprint density at radius 3 is 2.48 bits per heavy atom. The van der Waals surface area contributed by atoms with Gasteiger partial charge in [-0.1, -0.05) is 26.7 Å². The van der Waals surface area contributed by atoms with Gasteiger partial charge in [-0.15, -0.1) is 10.2 Å². The maximum Gasteiger partial charge on any atom is 0.271 e. The van der Waals surface area contributed by atoms with Crippen LogP contribution >= 0.6 is 0 Å². The lowest BCUT2D eigenvalue weighted by molar-refractivity contribution is 0.0946. The number of amides is 1. The molecule has 2 heterocycles. The van der Waals surface area contributed by atoms with Gasteiger partial charge in [-0.25, -0.2) is 0 Å². The third-order valence-corrected chi connectivity index (χ3v) is 3.82. The summed E-state index contributed by atoms with van der Waals surface area (Å²) in [5, 5.41) is 11.2. The molecular formula is C16H26N4O. The van der Waals surface area contributed by atoms with Crippen molar-refractivity contribution in [1.82, 2.24) is 15.5 Å². The summed E-state index contributed by atoms with van der Waals surface area (Å²) in [5.74, 6) is 1.34. The van der Waals surface area contributed by atoms with Gasteiger partial charge in [0.2, 0.25) is 0 Å². The topological polar surface area (TPSA) is 58.1 Å². The molecule has 0 atom stereocenters. The van der Waals surface area contributed by atoms with Crippen LogP contribution in [0.2, 0.25) is 0 Å². The molecule has 1 aliphatic heterocycles. The highest BCUT2D eigenvalue weighted by Gasteiger charge is 2.13. The van der Waals surface area contributed by atoms with Gasteiger partial charge in [0, 0.05) is 19.6 Å². The molecule has 0 bridgehead atoms. The molecule has 0 unspecified atom stereocenters. The van der Waals surface area contributed by atoms with Crippen LogP contribution in [-0.4, -0.2) is 35.7 Å². The normalized spacial score (nSPS) is 15.9. The second kappa shape index (κ2) is 7.96. The van der Waals surface area contributed by atoms with Crippen LogP contribution in [0.1, 0.15) is 56.4 Å². The van der Waals surface area contributed by atoms with Crippen molar-refractivity contribution in [2.45, 2.75) is 46.0 Å². The van der Waals surface area contributed by atoms with Crippen LogP contribution in [0.15, 0.2) is 12.1 Å². The molecular weight excluding hydrogens is 264 g/mol. The van der Waals surface area contributed by atoms with E-state index in [1.165, 1.54) is 25.7 Å². The SMILES string of the molecule is CC(C)CCNC(=O)c1ccc(N2CCCCCC2)nn1. The van der Waals surface area contributed by atoms with Crippen LogP contribution in [0.25, 0.3) is 0 Å². The lowest BCUT2D eigenvalue weighted by atomic mass is 10.1. The molecule has 116 valence electrons. The monoisotopic (exact) mass is 290 g/mol. The summed E-state index contributed by atoms with van der Waals surface area (Å²) < 4.78 is 0. The smallest absolute Gasteiger partial charge is 0.271 e. The van der Waals surface area contributed by atoms with Gasteiger partial charge in [0.1, 0.15) is 0 Å². The predicted octanol–water partition coefficient (Wildman–Crippen LogP) is 2.63. The number of carbonyl (C=O) groups is 1. The third-order valence-electron chi connectivity index (χ3n) is 3.82. The molecule has 0 aliphatic carbocycles. The molecule has 0 saturated carbocycles. The van der Waals surface area contributed by atoms with E-state index in [-0.39, 0.29) is 5.91 Å². The zero-order chi connectivity index (χ0) is 15.1. The van der Waals surface area contributed by atoms with E-state index in [4.69, 9.17) is 0 Å². The van der Waals surface area contributed by atoms with Gasteiger partial charge in [-0.2, -0.15) is 0 Å². The lowest BCUT2D eigenvalue weighted by Crippen LogP contribution is -2.28. The van der Waals surface area contributed by atoms with E-state index >= 15 is 0 Å². The van der Waals surface area contributed by atoms with Gasteiger partial charge in [0.25, 0.3) is 5.91 Å². The molecule has 0 aromatic carbocycles. The Morgan fingerprint density at radius 1 is 1.19 bits per heavy atom. The van der Waals surface area contributed by atoms with Crippen molar-refractivity contribution in [3.63, 3.8) is 0 Å².